The number of aromatic nitrogens is 3. The molecule has 0 unspecified atom stereocenters. The van der Waals surface area contributed by atoms with Crippen molar-refractivity contribution in [1.29, 1.82) is 0 Å². The van der Waals surface area contributed by atoms with Crippen LogP contribution in [0, 0.1) is 5.92 Å². The van der Waals surface area contributed by atoms with Crippen LogP contribution in [-0.2, 0) is 18.2 Å². The zero-order valence-corrected chi connectivity index (χ0v) is 16.1. The third-order valence-electron chi connectivity index (χ3n) is 4.98. The van der Waals surface area contributed by atoms with E-state index in [0.717, 1.165) is 38.2 Å². The average molecular weight is 372 g/mol. The molecule has 1 aliphatic heterocycles. The van der Waals surface area contributed by atoms with Gasteiger partial charge >= 0.3 is 0 Å². The summed E-state index contributed by atoms with van der Waals surface area (Å²) in [6, 6.07) is 7.45. The predicted molar refractivity (Wildman–Crippen MR) is 102 cm³/mol. The molecule has 7 nitrogen and oxygen atoms in total. The van der Waals surface area contributed by atoms with Crippen molar-refractivity contribution in [3.05, 3.63) is 42.0 Å². The van der Waals surface area contributed by atoms with Gasteiger partial charge in [-0.25, -0.2) is 0 Å². The van der Waals surface area contributed by atoms with E-state index in [1.54, 1.807) is 6.33 Å². The van der Waals surface area contributed by atoms with Gasteiger partial charge in [0.05, 0.1) is 12.2 Å². The SMILES string of the molecule is CCOCCOc1ccccc1C(=O)N1CCC(Cc2nncn2C)CC1. The van der Waals surface area contributed by atoms with Gasteiger partial charge in [0.1, 0.15) is 24.5 Å². The predicted octanol–water partition coefficient (Wildman–Crippen LogP) is 2.33. The van der Waals surface area contributed by atoms with Gasteiger partial charge in [-0.2, -0.15) is 0 Å². The first kappa shape index (κ1) is 19.4. The van der Waals surface area contributed by atoms with Crippen LogP contribution in [0.1, 0.15) is 35.9 Å². The lowest BCUT2D eigenvalue weighted by Gasteiger charge is -2.32. The van der Waals surface area contributed by atoms with Gasteiger partial charge in [0.25, 0.3) is 5.91 Å². The van der Waals surface area contributed by atoms with Gasteiger partial charge in [0.15, 0.2) is 0 Å². The van der Waals surface area contributed by atoms with Crippen LogP contribution in [0.5, 0.6) is 5.75 Å². The fourth-order valence-corrected chi connectivity index (χ4v) is 3.38. The maximum atomic E-state index is 13.0. The van der Waals surface area contributed by atoms with Gasteiger partial charge in [0, 0.05) is 33.2 Å². The number of amides is 1. The molecule has 0 radical (unpaired) electrons. The fraction of sp³-hybridized carbons (Fsp3) is 0.550. The maximum absolute atomic E-state index is 13.0. The molecule has 2 heterocycles. The van der Waals surface area contributed by atoms with Gasteiger partial charge in [0.2, 0.25) is 0 Å². The molecule has 1 fully saturated rings. The summed E-state index contributed by atoms with van der Waals surface area (Å²) in [5.74, 6) is 2.21. The standard InChI is InChI=1S/C20H28N4O3/c1-3-26-12-13-27-18-7-5-4-6-17(18)20(25)24-10-8-16(9-11-24)14-19-22-21-15-23(19)2/h4-7,15-16H,3,8-14H2,1-2H3. The third kappa shape index (κ3) is 5.07. The topological polar surface area (TPSA) is 69.5 Å². The summed E-state index contributed by atoms with van der Waals surface area (Å²) in [6.45, 7) is 5.09. The van der Waals surface area contributed by atoms with Crippen LogP contribution in [0.4, 0.5) is 0 Å². The van der Waals surface area contributed by atoms with E-state index in [2.05, 4.69) is 10.2 Å². The molecule has 0 aliphatic carbocycles. The van der Waals surface area contributed by atoms with E-state index < -0.39 is 0 Å². The molecule has 1 aromatic heterocycles. The van der Waals surface area contributed by atoms with E-state index in [9.17, 15) is 4.79 Å². The number of hydrogen-bond donors (Lipinski definition) is 0. The molecule has 2 aromatic rings. The second-order valence-electron chi connectivity index (χ2n) is 6.84. The molecule has 0 bridgehead atoms. The quantitative estimate of drug-likeness (QED) is 0.665. The fourth-order valence-electron chi connectivity index (χ4n) is 3.38. The molecule has 1 saturated heterocycles. The molecule has 7 heteroatoms. The van der Waals surface area contributed by atoms with E-state index >= 15 is 0 Å². The number of hydrogen-bond acceptors (Lipinski definition) is 5. The van der Waals surface area contributed by atoms with Crippen molar-refractivity contribution in [2.45, 2.75) is 26.2 Å². The summed E-state index contributed by atoms with van der Waals surface area (Å²) in [5, 5.41) is 8.11. The molecular weight excluding hydrogens is 344 g/mol. The second kappa shape index (κ2) is 9.50. The zero-order chi connectivity index (χ0) is 19.1. The van der Waals surface area contributed by atoms with E-state index in [1.165, 1.54) is 0 Å². The van der Waals surface area contributed by atoms with Crippen LogP contribution < -0.4 is 4.74 Å². The Morgan fingerprint density at radius 1 is 1.22 bits per heavy atom. The van der Waals surface area contributed by atoms with E-state index in [1.807, 2.05) is 47.7 Å². The summed E-state index contributed by atoms with van der Waals surface area (Å²) in [7, 11) is 1.97. The Labute approximate surface area is 160 Å². The third-order valence-corrected chi connectivity index (χ3v) is 4.98. The Morgan fingerprint density at radius 3 is 2.70 bits per heavy atom. The first-order valence-corrected chi connectivity index (χ1v) is 9.60. The molecule has 0 N–H and O–H groups in total. The molecule has 1 aliphatic rings. The van der Waals surface area contributed by atoms with Crippen molar-refractivity contribution in [3.63, 3.8) is 0 Å². The van der Waals surface area contributed by atoms with Crippen molar-refractivity contribution >= 4 is 5.91 Å². The summed E-state index contributed by atoms with van der Waals surface area (Å²) in [4.78, 5) is 14.9. The molecule has 27 heavy (non-hydrogen) atoms. The van der Waals surface area contributed by atoms with Crippen LogP contribution in [-0.4, -0.2) is 58.5 Å². The lowest BCUT2D eigenvalue weighted by molar-refractivity contribution is 0.0680. The number of rotatable bonds is 8. The molecule has 146 valence electrons. The lowest BCUT2D eigenvalue weighted by Crippen LogP contribution is -2.39. The van der Waals surface area contributed by atoms with Gasteiger partial charge in [-0.1, -0.05) is 12.1 Å². The van der Waals surface area contributed by atoms with Crippen LogP contribution in [0.25, 0.3) is 0 Å². The largest absolute Gasteiger partial charge is 0.490 e. The Balaban J connectivity index is 1.55. The highest BCUT2D eigenvalue weighted by Gasteiger charge is 2.26. The van der Waals surface area contributed by atoms with Crippen LogP contribution in [0.2, 0.25) is 0 Å². The Hall–Kier alpha value is -2.41. The van der Waals surface area contributed by atoms with Crippen molar-refractivity contribution in [3.8, 4) is 5.75 Å². The highest BCUT2D eigenvalue weighted by molar-refractivity contribution is 5.97. The number of carbonyl (C=O) groups is 1. The number of benzene rings is 1. The van der Waals surface area contributed by atoms with Crippen LogP contribution >= 0.6 is 0 Å². The van der Waals surface area contributed by atoms with Gasteiger partial charge in [-0.15, -0.1) is 10.2 Å². The molecule has 0 saturated carbocycles. The Morgan fingerprint density at radius 2 is 2.00 bits per heavy atom. The van der Waals surface area contributed by atoms with Gasteiger partial charge in [-0.05, 0) is 37.8 Å². The van der Waals surface area contributed by atoms with E-state index in [0.29, 0.717) is 37.1 Å². The first-order valence-electron chi connectivity index (χ1n) is 9.60. The summed E-state index contributed by atoms with van der Waals surface area (Å²) >= 11 is 0. The first-order chi connectivity index (χ1) is 13.2. The smallest absolute Gasteiger partial charge is 0.257 e. The minimum Gasteiger partial charge on any atom is -0.490 e. The average Bonchev–Trinajstić information content (AvgIpc) is 3.10. The van der Waals surface area contributed by atoms with E-state index in [-0.39, 0.29) is 5.91 Å². The number of carbonyl (C=O) groups excluding carboxylic acids is 1. The number of likely N-dealkylation sites (tertiary alicyclic amines) is 1. The van der Waals surface area contributed by atoms with Crippen LogP contribution in [0.3, 0.4) is 0 Å². The van der Waals surface area contributed by atoms with E-state index in [4.69, 9.17) is 9.47 Å². The monoisotopic (exact) mass is 372 g/mol. The lowest BCUT2D eigenvalue weighted by atomic mass is 9.93. The molecule has 0 atom stereocenters. The van der Waals surface area contributed by atoms with Crippen LogP contribution in [0.15, 0.2) is 30.6 Å². The van der Waals surface area contributed by atoms with Crippen molar-refractivity contribution in [2.24, 2.45) is 13.0 Å². The molecular formula is C20H28N4O3. The molecule has 3 rings (SSSR count). The normalized spacial score (nSPS) is 15.1. The Bertz CT molecular complexity index is 738. The molecule has 1 amide bonds. The minimum absolute atomic E-state index is 0.0409. The maximum Gasteiger partial charge on any atom is 0.257 e. The summed E-state index contributed by atoms with van der Waals surface area (Å²) < 4.78 is 13.0. The molecule has 1 aromatic carbocycles. The van der Waals surface area contributed by atoms with Crippen molar-refractivity contribution in [2.75, 3.05) is 32.9 Å². The zero-order valence-electron chi connectivity index (χ0n) is 16.1. The van der Waals surface area contributed by atoms with Crippen molar-refractivity contribution < 1.29 is 14.3 Å². The number of aryl methyl sites for hydroxylation is 1. The number of para-hydroxylation sites is 1. The number of piperidine rings is 1. The number of ether oxygens (including phenoxy) is 2. The highest BCUT2D eigenvalue weighted by Crippen LogP contribution is 2.25. The second-order valence-corrected chi connectivity index (χ2v) is 6.84. The van der Waals surface area contributed by atoms with Gasteiger partial charge in [-0.3, -0.25) is 4.79 Å². The van der Waals surface area contributed by atoms with Crippen molar-refractivity contribution in [1.82, 2.24) is 19.7 Å². The minimum atomic E-state index is 0.0409. The highest BCUT2D eigenvalue weighted by atomic mass is 16.5. The van der Waals surface area contributed by atoms with Gasteiger partial charge < -0.3 is 18.9 Å². The number of nitrogens with zero attached hydrogens (tertiary/aromatic N) is 4. The summed E-state index contributed by atoms with van der Waals surface area (Å²) in [6.07, 6.45) is 4.60. The Kier molecular flexibility index (Phi) is 6.81. The molecule has 0 spiro atoms. The summed E-state index contributed by atoms with van der Waals surface area (Å²) in [5.41, 5.74) is 0.626.